The molecular formula is C13H18O. The molecular weight excluding hydrogens is 172 g/mol. The van der Waals surface area contributed by atoms with Crippen LogP contribution in [0.5, 0.6) is 0 Å². The third-order valence-corrected chi connectivity index (χ3v) is 2.17. The number of rotatable bonds is 4. The molecule has 1 heteroatoms. The van der Waals surface area contributed by atoms with E-state index in [1.54, 1.807) is 0 Å². The number of aliphatic hydroxyl groups excluding tert-OH is 1. The van der Waals surface area contributed by atoms with Crippen molar-refractivity contribution in [3.63, 3.8) is 0 Å². The van der Waals surface area contributed by atoms with Crippen LogP contribution in [0, 0.1) is 0 Å². The van der Waals surface area contributed by atoms with Gasteiger partial charge in [0, 0.05) is 6.61 Å². The van der Waals surface area contributed by atoms with Crippen molar-refractivity contribution in [1.82, 2.24) is 0 Å². The van der Waals surface area contributed by atoms with Crippen LogP contribution in [0.2, 0.25) is 0 Å². The normalized spacial score (nSPS) is 9.93. The van der Waals surface area contributed by atoms with Gasteiger partial charge in [0.2, 0.25) is 0 Å². The van der Waals surface area contributed by atoms with Gasteiger partial charge in [0.05, 0.1) is 0 Å². The van der Waals surface area contributed by atoms with Gasteiger partial charge < -0.3 is 5.11 Å². The van der Waals surface area contributed by atoms with Crippen LogP contribution in [0.3, 0.4) is 0 Å². The van der Waals surface area contributed by atoms with Gasteiger partial charge in [0.1, 0.15) is 0 Å². The van der Waals surface area contributed by atoms with E-state index in [-0.39, 0.29) is 6.61 Å². The first kappa shape index (κ1) is 11.0. The number of allylic oxidation sites excluding steroid dienone is 2. The third-order valence-electron chi connectivity index (χ3n) is 2.17. The molecule has 0 radical (unpaired) electrons. The van der Waals surface area contributed by atoms with E-state index < -0.39 is 0 Å². The SMILES string of the molecule is CC(C)=CCc1ccc(CCO)cc1. The first-order valence-corrected chi connectivity index (χ1v) is 5.04. The highest BCUT2D eigenvalue weighted by molar-refractivity contribution is 5.24. The van der Waals surface area contributed by atoms with E-state index in [0.29, 0.717) is 0 Å². The van der Waals surface area contributed by atoms with Gasteiger partial charge in [0.15, 0.2) is 0 Å². The summed E-state index contributed by atoms with van der Waals surface area (Å²) in [6, 6.07) is 8.43. The average Bonchev–Trinajstić information content (AvgIpc) is 2.17. The van der Waals surface area contributed by atoms with Crippen LogP contribution in [0.1, 0.15) is 25.0 Å². The second kappa shape index (κ2) is 5.61. The number of benzene rings is 1. The van der Waals surface area contributed by atoms with Gasteiger partial charge in [-0.2, -0.15) is 0 Å². The van der Waals surface area contributed by atoms with Crippen molar-refractivity contribution in [2.45, 2.75) is 26.7 Å². The summed E-state index contributed by atoms with van der Waals surface area (Å²) in [4.78, 5) is 0. The fraction of sp³-hybridized carbons (Fsp3) is 0.385. The highest BCUT2D eigenvalue weighted by atomic mass is 16.2. The Balaban J connectivity index is 2.59. The van der Waals surface area contributed by atoms with Crippen LogP contribution in [-0.4, -0.2) is 11.7 Å². The Morgan fingerprint density at radius 2 is 1.71 bits per heavy atom. The average molecular weight is 190 g/mol. The van der Waals surface area contributed by atoms with Gasteiger partial charge in [-0.15, -0.1) is 0 Å². The molecule has 0 aliphatic heterocycles. The maximum Gasteiger partial charge on any atom is 0.0471 e. The van der Waals surface area contributed by atoms with Gasteiger partial charge in [-0.05, 0) is 37.8 Å². The predicted molar refractivity (Wildman–Crippen MR) is 60.4 cm³/mol. The minimum absolute atomic E-state index is 0.229. The summed E-state index contributed by atoms with van der Waals surface area (Å²) in [6.45, 7) is 4.45. The first-order valence-electron chi connectivity index (χ1n) is 5.04. The van der Waals surface area contributed by atoms with Crippen molar-refractivity contribution in [2.75, 3.05) is 6.61 Å². The summed E-state index contributed by atoms with van der Waals surface area (Å²) in [5.74, 6) is 0. The molecule has 76 valence electrons. The molecule has 1 aromatic rings. The lowest BCUT2D eigenvalue weighted by molar-refractivity contribution is 0.299. The summed E-state index contributed by atoms with van der Waals surface area (Å²) >= 11 is 0. The van der Waals surface area contributed by atoms with Crippen LogP contribution >= 0.6 is 0 Å². The number of hydrogen-bond donors (Lipinski definition) is 1. The second-order valence-electron chi connectivity index (χ2n) is 3.78. The second-order valence-corrected chi connectivity index (χ2v) is 3.78. The lowest BCUT2D eigenvalue weighted by Gasteiger charge is -2.00. The molecule has 0 saturated heterocycles. The monoisotopic (exact) mass is 190 g/mol. The van der Waals surface area contributed by atoms with Crippen molar-refractivity contribution in [2.24, 2.45) is 0 Å². The minimum Gasteiger partial charge on any atom is -0.396 e. The van der Waals surface area contributed by atoms with Crippen molar-refractivity contribution in [1.29, 1.82) is 0 Å². The van der Waals surface area contributed by atoms with Crippen LogP contribution in [0.15, 0.2) is 35.9 Å². The lowest BCUT2D eigenvalue weighted by Crippen LogP contribution is -1.90. The molecule has 0 heterocycles. The quantitative estimate of drug-likeness (QED) is 0.724. The minimum atomic E-state index is 0.229. The highest BCUT2D eigenvalue weighted by Gasteiger charge is 1.92. The molecule has 0 unspecified atom stereocenters. The summed E-state index contributed by atoms with van der Waals surface area (Å²) in [5.41, 5.74) is 3.88. The summed E-state index contributed by atoms with van der Waals surface area (Å²) in [5, 5.41) is 8.76. The van der Waals surface area contributed by atoms with E-state index in [0.717, 1.165) is 12.8 Å². The zero-order valence-electron chi connectivity index (χ0n) is 8.96. The van der Waals surface area contributed by atoms with Gasteiger partial charge >= 0.3 is 0 Å². The Morgan fingerprint density at radius 1 is 1.14 bits per heavy atom. The van der Waals surface area contributed by atoms with Gasteiger partial charge in [0.25, 0.3) is 0 Å². The molecule has 0 atom stereocenters. The van der Waals surface area contributed by atoms with Crippen LogP contribution < -0.4 is 0 Å². The largest absolute Gasteiger partial charge is 0.396 e. The van der Waals surface area contributed by atoms with Gasteiger partial charge in [-0.1, -0.05) is 35.9 Å². The molecule has 1 aromatic carbocycles. The van der Waals surface area contributed by atoms with Crippen LogP contribution in [0.4, 0.5) is 0 Å². The molecule has 0 aliphatic rings. The Kier molecular flexibility index (Phi) is 4.41. The topological polar surface area (TPSA) is 20.2 Å². The molecule has 0 amide bonds. The Morgan fingerprint density at radius 3 is 2.21 bits per heavy atom. The van der Waals surface area contributed by atoms with E-state index in [4.69, 9.17) is 5.11 Å². The standard InChI is InChI=1S/C13H18O/c1-11(2)3-4-12-5-7-13(8-6-12)9-10-14/h3,5-8,14H,4,9-10H2,1-2H3. The Bertz CT molecular complexity index is 292. The molecule has 0 spiro atoms. The smallest absolute Gasteiger partial charge is 0.0471 e. The van der Waals surface area contributed by atoms with Crippen molar-refractivity contribution in [3.05, 3.63) is 47.0 Å². The van der Waals surface area contributed by atoms with Crippen molar-refractivity contribution in [3.8, 4) is 0 Å². The molecule has 0 saturated carbocycles. The maximum atomic E-state index is 8.76. The highest BCUT2D eigenvalue weighted by Crippen LogP contribution is 2.07. The zero-order valence-corrected chi connectivity index (χ0v) is 8.96. The molecule has 1 rings (SSSR count). The van der Waals surface area contributed by atoms with Gasteiger partial charge in [-0.25, -0.2) is 0 Å². The van der Waals surface area contributed by atoms with E-state index in [2.05, 4.69) is 44.2 Å². The van der Waals surface area contributed by atoms with Crippen LogP contribution in [-0.2, 0) is 12.8 Å². The molecule has 1 nitrogen and oxygen atoms in total. The number of hydrogen-bond acceptors (Lipinski definition) is 1. The number of aliphatic hydroxyl groups is 1. The molecule has 0 aromatic heterocycles. The Hall–Kier alpha value is -1.08. The maximum absolute atomic E-state index is 8.76. The summed E-state index contributed by atoms with van der Waals surface area (Å²) in [6.07, 6.45) is 3.98. The lowest BCUT2D eigenvalue weighted by atomic mass is 10.1. The van der Waals surface area contributed by atoms with E-state index in [9.17, 15) is 0 Å². The molecule has 0 fully saturated rings. The third kappa shape index (κ3) is 3.75. The fourth-order valence-electron chi connectivity index (χ4n) is 1.29. The Labute approximate surface area is 86.1 Å². The fourth-order valence-corrected chi connectivity index (χ4v) is 1.29. The predicted octanol–water partition coefficient (Wildman–Crippen LogP) is 2.73. The summed E-state index contributed by atoms with van der Waals surface area (Å²) in [7, 11) is 0. The van der Waals surface area contributed by atoms with Crippen molar-refractivity contribution < 1.29 is 5.11 Å². The van der Waals surface area contributed by atoms with Crippen LogP contribution in [0.25, 0.3) is 0 Å². The molecule has 14 heavy (non-hydrogen) atoms. The zero-order chi connectivity index (χ0) is 10.4. The first-order chi connectivity index (χ1) is 6.72. The molecule has 1 N–H and O–H groups in total. The molecule has 0 bridgehead atoms. The van der Waals surface area contributed by atoms with E-state index >= 15 is 0 Å². The van der Waals surface area contributed by atoms with E-state index in [1.807, 2.05) is 0 Å². The van der Waals surface area contributed by atoms with Crippen molar-refractivity contribution >= 4 is 0 Å². The van der Waals surface area contributed by atoms with E-state index in [1.165, 1.54) is 16.7 Å². The molecule has 0 aliphatic carbocycles. The van der Waals surface area contributed by atoms with Gasteiger partial charge in [-0.3, -0.25) is 0 Å². The summed E-state index contributed by atoms with van der Waals surface area (Å²) < 4.78 is 0.